The molecule has 0 radical (unpaired) electrons. The molecule has 4 rings (SSSR count). The number of anilines is 1. The number of amides is 1. The number of fused-ring (bicyclic) bond motifs is 3. The minimum atomic E-state index is -3.04. The summed E-state index contributed by atoms with van der Waals surface area (Å²) in [6, 6.07) is 2.96. The summed E-state index contributed by atoms with van der Waals surface area (Å²) in [5.41, 5.74) is 2.14. The van der Waals surface area contributed by atoms with Gasteiger partial charge in [0, 0.05) is 23.2 Å². The van der Waals surface area contributed by atoms with Gasteiger partial charge in [-0.1, -0.05) is 37.0 Å². The summed E-state index contributed by atoms with van der Waals surface area (Å²) in [4.78, 5) is 21.0. The van der Waals surface area contributed by atoms with Gasteiger partial charge in [0.25, 0.3) is 0 Å². The van der Waals surface area contributed by atoms with Gasteiger partial charge in [-0.25, -0.2) is 14.5 Å². The third-order valence-electron chi connectivity index (χ3n) is 4.80. The molecule has 11 heteroatoms. The van der Waals surface area contributed by atoms with Crippen molar-refractivity contribution >= 4 is 40.4 Å². The van der Waals surface area contributed by atoms with E-state index in [4.69, 9.17) is 23.2 Å². The number of aromatic nitrogens is 4. The van der Waals surface area contributed by atoms with Crippen LogP contribution in [-0.4, -0.2) is 32.1 Å². The Bertz CT molecular complexity index is 1120. The zero-order chi connectivity index (χ0) is 20.9. The van der Waals surface area contributed by atoms with E-state index < -0.39 is 18.4 Å². The van der Waals surface area contributed by atoms with E-state index in [0.717, 1.165) is 11.3 Å². The molecule has 3 aromatic heterocycles. The second-order valence-electron chi connectivity index (χ2n) is 7.32. The molecule has 1 aliphatic carbocycles. The van der Waals surface area contributed by atoms with Crippen LogP contribution < -0.4 is 10.1 Å². The number of ether oxygens (including phenoxy) is 1. The Labute approximate surface area is 174 Å². The number of carbonyl (C=O) groups excluding carboxylic acids is 1. The summed E-state index contributed by atoms with van der Waals surface area (Å²) in [6.45, 7) is 0.990. The molecule has 1 atom stereocenters. The van der Waals surface area contributed by atoms with E-state index in [2.05, 4.69) is 25.1 Å². The lowest BCUT2D eigenvalue weighted by atomic mass is 9.88. The highest BCUT2D eigenvalue weighted by molar-refractivity contribution is 6.32. The molecular formula is C18H15Cl2F2N5O2. The molecule has 0 bridgehead atoms. The van der Waals surface area contributed by atoms with Gasteiger partial charge in [-0.3, -0.25) is 4.79 Å². The molecule has 0 aromatic carbocycles. The van der Waals surface area contributed by atoms with E-state index in [0.29, 0.717) is 17.2 Å². The van der Waals surface area contributed by atoms with E-state index in [1.54, 1.807) is 16.8 Å². The van der Waals surface area contributed by atoms with Gasteiger partial charge in [0.05, 0.1) is 23.5 Å². The average molecular weight is 442 g/mol. The smallest absolute Gasteiger partial charge is 0.388 e. The summed E-state index contributed by atoms with van der Waals surface area (Å²) < 4.78 is 30.5. The van der Waals surface area contributed by atoms with E-state index in [1.165, 1.54) is 12.3 Å². The topological polar surface area (TPSA) is 81.4 Å². The van der Waals surface area contributed by atoms with Gasteiger partial charge in [0.2, 0.25) is 11.8 Å². The number of hydrogen-bond acceptors (Lipinski definition) is 5. The van der Waals surface area contributed by atoms with Crippen molar-refractivity contribution < 1.29 is 18.3 Å². The van der Waals surface area contributed by atoms with Gasteiger partial charge in [0.1, 0.15) is 5.02 Å². The zero-order valence-electron chi connectivity index (χ0n) is 15.3. The molecule has 0 saturated carbocycles. The molecule has 7 nitrogen and oxygen atoms in total. The van der Waals surface area contributed by atoms with Crippen molar-refractivity contribution in [2.45, 2.75) is 38.2 Å². The third-order valence-corrected chi connectivity index (χ3v) is 5.26. The first-order valence-electron chi connectivity index (χ1n) is 8.61. The predicted octanol–water partition coefficient (Wildman–Crippen LogP) is 4.44. The number of nitrogens with zero attached hydrogens (tertiary/aromatic N) is 4. The molecule has 3 heterocycles. The summed E-state index contributed by atoms with van der Waals surface area (Å²) in [5, 5.41) is 7.20. The lowest BCUT2D eigenvalue weighted by Gasteiger charge is -2.19. The first kappa shape index (κ1) is 19.8. The SMILES string of the molecule is CC1(C)C[C@@H](C(=O)Nc2cnc(OC(F)F)c(Cl)c2)c2cnc3cc(Cl)nn3c21. The van der Waals surface area contributed by atoms with Crippen molar-refractivity contribution in [2.24, 2.45) is 0 Å². The first-order chi connectivity index (χ1) is 13.7. The largest absolute Gasteiger partial charge is 0.415 e. The van der Waals surface area contributed by atoms with Crippen LogP contribution in [0.5, 0.6) is 5.88 Å². The van der Waals surface area contributed by atoms with Crippen molar-refractivity contribution in [1.29, 1.82) is 0 Å². The van der Waals surface area contributed by atoms with Crippen LogP contribution >= 0.6 is 23.2 Å². The Morgan fingerprint density at radius 2 is 2.07 bits per heavy atom. The molecular weight excluding hydrogens is 427 g/mol. The number of carbonyl (C=O) groups is 1. The molecule has 0 unspecified atom stereocenters. The second-order valence-corrected chi connectivity index (χ2v) is 8.11. The number of halogens is 4. The highest BCUT2D eigenvalue weighted by Crippen LogP contribution is 2.46. The quantitative estimate of drug-likeness (QED) is 0.647. The van der Waals surface area contributed by atoms with Crippen molar-refractivity contribution in [3.8, 4) is 5.88 Å². The van der Waals surface area contributed by atoms with Crippen molar-refractivity contribution in [1.82, 2.24) is 19.6 Å². The maximum atomic E-state index is 13.0. The van der Waals surface area contributed by atoms with Crippen LogP contribution in [0.4, 0.5) is 14.5 Å². The maximum absolute atomic E-state index is 13.0. The monoisotopic (exact) mass is 441 g/mol. The van der Waals surface area contributed by atoms with Gasteiger partial charge in [-0.15, -0.1) is 0 Å². The molecule has 3 aromatic rings. The Kier molecular flexibility index (Phi) is 4.82. The van der Waals surface area contributed by atoms with E-state index in [-0.39, 0.29) is 22.0 Å². The lowest BCUT2D eigenvalue weighted by molar-refractivity contribution is -0.117. The Morgan fingerprint density at radius 3 is 2.76 bits per heavy atom. The summed E-state index contributed by atoms with van der Waals surface area (Å²) in [5.74, 6) is -1.19. The normalized spacial score (nSPS) is 17.6. The van der Waals surface area contributed by atoms with Gasteiger partial charge in [-0.2, -0.15) is 13.9 Å². The number of nitrogens with one attached hydrogen (secondary N) is 1. The molecule has 1 aliphatic rings. The highest BCUT2D eigenvalue weighted by atomic mass is 35.5. The van der Waals surface area contributed by atoms with Crippen LogP contribution in [0.3, 0.4) is 0 Å². The van der Waals surface area contributed by atoms with E-state index in [1.807, 2.05) is 13.8 Å². The molecule has 0 aliphatic heterocycles. The maximum Gasteiger partial charge on any atom is 0.388 e. The fraction of sp³-hybridized carbons (Fsp3) is 0.333. The molecule has 0 fully saturated rings. The fourth-order valence-corrected chi connectivity index (χ4v) is 4.08. The minimum Gasteiger partial charge on any atom is -0.415 e. The second kappa shape index (κ2) is 7.07. The number of pyridine rings is 1. The van der Waals surface area contributed by atoms with Gasteiger partial charge >= 0.3 is 6.61 Å². The summed E-state index contributed by atoms with van der Waals surface area (Å²) >= 11 is 11.9. The third kappa shape index (κ3) is 3.60. The van der Waals surface area contributed by atoms with Gasteiger partial charge in [-0.05, 0) is 12.5 Å². The number of hydrogen-bond donors (Lipinski definition) is 1. The Hall–Kier alpha value is -2.52. The van der Waals surface area contributed by atoms with Crippen LogP contribution in [0.1, 0.15) is 37.4 Å². The van der Waals surface area contributed by atoms with Gasteiger partial charge in [0.15, 0.2) is 10.8 Å². The Morgan fingerprint density at radius 1 is 1.31 bits per heavy atom. The van der Waals surface area contributed by atoms with Crippen LogP contribution in [0.15, 0.2) is 24.5 Å². The van der Waals surface area contributed by atoms with Crippen LogP contribution in [0, 0.1) is 0 Å². The van der Waals surface area contributed by atoms with Gasteiger partial charge < -0.3 is 10.1 Å². The van der Waals surface area contributed by atoms with Crippen LogP contribution in [0.2, 0.25) is 10.2 Å². The highest BCUT2D eigenvalue weighted by Gasteiger charge is 2.43. The average Bonchev–Trinajstić information content (AvgIpc) is 3.13. The van der Waals surface area contributed by atoms with E-state index >= 15 is 0 Å². The zero-order valence-corrected chi connectivity index (χ0v) is 16.8. The van der Waals surface area contributed by atoms with Crippen molar-refractivity contribution in [2.75, 3.05) is 5.32 Å². The number of rotatable bonds is 4. The molecule has 152 valence electrons. The van der Waals surface area contributed by atoms with Crippen molar-refractivity contribution in [3.63, 3.8) is 0 Å². The van der Waals surface area contributed by atoms with Crippen molar-refractivity contribution in [3.05, 3.63) is 46.0 Å². The first-order valence-corrected chi connectivity index (χ1v) is 9.37. The minimum absolute atomic E-state index is 0.134. The van der Waals surface area contributed by atoms with E-state index in [9.17, 15) is 13.6 Å². The molecule has 1 N–H and O–H groups in total. The summed E-state index contributed by atoms with van der Waals surface area (Å²) in [7, 11) is 0. The van der Waals surface area contributed by atoms with Crippen LogP contribution in [-0.2, 0) is 10.2 Å². The predicted molar refractivity (Wildman–Crippen MR) is 103 cm³/mol. The molecule has 1 amide bonds. The fourth-order valence-electron chi connectivity index (χ4n) is 3.70. The standard InChI is InChI=1S/C18H15Cl2F2N5O2/c1-18(2)5-9(10-7-23-13-4-12(20)26-27(13)14(10)18)15(28)25-8-3-11(19)16(24-6-8)29-17(21)22/h3-4,6-7,9,17H,5H2,1-2H3,(H,25,28)/t9-/m1/s1. The van der Waals surface area contributed by atoms with Crippen LogP contribution in [0.25, 0.3) is 5.65 Å². The molecule has 0 saturated heterocycles. The number of alkyl halides is 2. The molecule has 29 heavy (non-hydrogen) atoms. The molecule has 0 spiro atoms. The summed E-state index contributed by atoms with van der Waals surface area (Å²) in [6.07, 6.45) is 3.39. The lowest BCUT2D eigenvalue weighted by Crippen LogP contribution is -2.21. The Balaban J connectivity index is 1.63.